The third kappa shape index (κ3) is 4.95. The van der Waals surface area contributed by atoms with Crippen LogP contribution < -0.4 is 0 Å². The second kappa shape index (κ2) is 7.85. The quantitative estimate of drug-likeness (QED) is 0.597. The summed E-state index contributed by atoms with van der Waals surface area (Å²) in [6, 6.07) is 0. The summed E-state index contributed by atoms with van der Waals surface area (Å²) in [6.45, 7) is 8.03. The summed E-state index contributed by atoms with van der Waals surface area (Å²) in [7, 11) is 19.2. The summed E-state index contributed by atoms with van der Waals surface area (Å²) in [5, 5.41) is 0. The largest absolute Gasteiger partial charge is 0.108 e. The Hall–Kier alpha value is 0.519. The number of hydrogen-bond acceptors (Lipinski definition) is 0. The smallest absolute Gasteiger partial charge is 0.103 e. The maximum atomic E-state index is 5.47. The average Bonchev–Trinajstić information content (AvgIpc) is 2.86. The van der Waals surface area contributed by atoms with E-state index >= 15 is 0 Å². The molecule has 2 rings (SSSR count). The lowest BCUT2D eigenvalue weighted by Crippen LogP contribution is -2.27. The van der Waals surface area contributed by atoms with Crippen LogP contribution in [0.3, 0.4) is 0 Å². The fourth-order valence-corrected chi connectivity index (χ4v) is 2.86. The Morgan fingerprint density at radius 2 is 1.82 bits per heavy atom. The second-order valence-corrected chi connectivity index (χ2v) is 5.71. The minimum atomic E-state index is 0.630. The van der Waals surface area contributed by atoms with Crippen molar-refractivity contribution in [1.29, 1.82) is 0 Å². The van der Waals surface area contributed by atoms with Gasteiger partial charge in [-0.3, -0.25) is 0 Å². The topological polar surface area (TPSA) is 0 Å². The molecular formula is C9H18B8. The van der Waals surface area contributed by atoms with E-state index in [2.05, 4.69) is 35.3 Å². The maximum Gasteiger partial charge on any atom is 0.103 e. The van der Waals surface area contributed by atoms with Crippen LogP contribution in [0, 0.1) is 0 Å². The van der Waals surface area contributed by atoms with Crippen LogP contribution in [-0.2, 0) is 0 Å². The van der Waals surface area contributed by atoms with E-state index in [0.717, 1.165) is 11.6 Å². The van der Waals surface area contributed by atoms with Crippen molar-refractivity contribution in [3.63, 3.8) is 0 Å². The van der Waals surface area contributed by atoms with Crippen molar-refractivity contribution in [1.82, 2.24) is 0 Å². The van der Waals surface area contributed by atoms with Crippen molar-refractivity contribution >= 4 is 57.4 Å². The maximum absolute atomic E-state index is 5.47. The van der Waals surface area contributed by atoms with Gasteiger partial charge in [-0.05, 0) is 0 Å². The highest BCUT2D eigenvalue weighted by atomic mass is 14.0. The minimum Gasteiger partial charge on any atom is -0.108 e. The van der Waals surface area contributed by atoms with Gasteiger partial charge < -0.3 is 0 Å². The standard InChI is InChI=1S/C5H10B4.C4H8B4/c1-4-3-7-5(2)9(4)8-6;1-4-2-8(7-5)3-6-4/h4-5H,3H2,1-2H3;4H,2-3H2,1H3/t4-,5?;/m1./s1. The first-order valence-corrected chi connectivity index (χ1v) is 6.85. The molecule has 3 atom stereocenters. The molecular weight excluding hydrogens is 195 g/mol. The molecule has 2 aliphatic heterocycles. The monoisotopic (exact) mass is 214 g/mol. The van der Waals surface area contributed by atoms with Crippen molar-refractivity contribution in [3.8, 4) is 0 Å². The Labute approximate surface area is 114 Å². The van der Waals surface area contributed by atoms with E-state index in [9.17, 15) is 0 Å². The van der Waals surface area contributed by atoms with Crippen molar-refractivity contribution < 1.29 is 0 Å². The van der Waals surface area contributed by atoms with E-state index in [4.69, 9.17) is 15.5 Å². The highest BCUT2D eigenvalue weighted by molar-refractivity contribution is 7.34. The molecule has 0 aromatic carbocycles. The van der Waals surface area contributed by atoms with Gasteiger partial charge in [0.15, 0.2) is 0 Å². The van der Waals surface area contributed by atoms with E-state index in [1.54, 1.807) is 0 Å². The van der Waals surface area contributed by atoms with Gasteiger partial charge >= 0.3 is 0 Å². The fraction of sp³-hybridized carbons (Fsp3) is 1.00. The van der Waals surface area contributed by atoms with E-state index in [1.807, 2.05) is 14.1 Å². The van der Waals surface area contributed by atoms with Gasteiger partial charge in [-0.15, -0.1) is 6.22 Å². The molecule has 2 unspecified atom stereocenters. The zero-order valence-electron chi connectivity index (χ0n) is 11.5. The van der Waals surface area contributed by atoms with Crippen molar-refractivity contribution in [2.45, 2.75) is 57.0 Å². The average molecular weight is 213 g/mol. The number of rotatable bonds is 2. The van der Waals surface area contributed by atoms with Gasteiger partial charge in [0.2, 0.25) is 0 Å². The van der Waals surface area contributed by atoms with Gasteiger partial charge in [0.25, 0.3) is 0 Å². The van der Waals surface area contributed by atoms with E-state index in [0.29, 0.717) is 18.9 Å². The Kier molecular flexibility index (Phi) is 7.19. The Morgan fingerprint density at radius 1 is 1.12 bits per heavy atom. The molecule has 2 saturated heterocycles. The van der Waals surface area contributed by atoms with Crippen LogP contribution in [0.4, 0.5) is 0 Å². The molecule has 2 heterocycles. The van der Waals surface area contributed by atoms with Crippen LogP contribution in [0.25, 0.3) is 0 Å². The van der Waals surface area contributed by atoms with Crippen LogP contribution in [0.5, 0.6) is 0 Å². The molecule has 2 aliphatic rings. The number of hydrogen-bond donors (Lipinski definition) is 0. The van der Waals surface area contributed by atoms with Crippen molar-refractivity contribution in [2.75, 3.05) is 0 Å². The van der Waals surface area contributed by atoms with E-state index in [1.165, 1.54) is 18.9 Å². The molecule has 8 heteroatoms. The first-order chi connectivity index (χ1) is 8.08. The molecule has 17 heavy (non-hydrogen) atoms. The molecule has 0 spiro atoms. The summed E-state index contributed by atoms with van der Waals surface area (Å²) < 4.78 is 0. The molecule has 0 aliphatic carbocycles. The van der Waals surface area contributed by atoms with Gasteiger partial charge in [-0.1, -0.05) is 50.8 Å². The highest BCUT2D eigenvalue weighted by Crippen LogP contribution is 2.31. The molecule has 0 amide bonds. The molecule has 0 aromatic rings. The van der Waals surface area contributed by atoms with Gasteiger partial charge in [0.1, 0.15) is 14.6 Å². The van der Waals surface area contributed by atoms with Gasteiger partial charge in [-0.2, -0.15) is 0 Å². The van der Waals surface area contributed by atoms with Crippen molar-refractivity contribution in [3.05, 3.63) is 0 Å². The summed E-state index contributed by atoms with van der Waals surface area (Å²) >= 11 is 0. The fourth-order valence-electron chi connectivity index (χ4n) is 2.86. The normalized spacial score (nSPS) is 31.1. The third-order valence-electron chi connectivity index (χ3n) is 4.15. The van der Waals surface area contributed by atoms with E-state index < -0.39 is 0 Å². The Balaban J connectivity index is 0.000000171. The zero-order valence-corrected chi connectivity index (χ0v) is 11.5. The highest BCUT2D eigenvalue weighted by Gasteiger charge is 2.31. The molecule has 0 N–H and O–H groups in total. The zero-order chi connectivity index (χ0) is 12.8. The Bertz CT molecular complexity index is 203. The first-order valence-electron chi connectivity index (χ1n) is 6.85. The molecule has 0 saturated carbocycles. The SMILES string of the molecule is [B][B]B1C(C)[B]C[C@H]1C.[B][B]B1C[B]C(C)C1. The summed E-state index contributed by atoms with van der Waals surface area (Å²) in [6.07, 6.45) is 3.69. The van der Waals surface area contributed by atoms with Crippen LogP contribution in [0.2, 0.25) is 36.2 Å². The predicted octanol–water partition coefficient (Wildman–Crippen LogP) is 0.889. The van der Waals surface area contributed by atoms with Gasteiger partial charge in [0, 0.05) is 29.6 Å². The molecule has 2 fully saturated rings. The molecule has 0 aromatic heterocycles. The summed E-state index contributed by atoms with van der Waals surface area (Å²) in [5.74, 6) is 1.56. The molecule has 78 valence electrons. The predicted molar refractivity (Wildman–Crippen MR) is 88.7 cm³/mol. The van der Waals surface area contributed by atoms with Crippen LogP contribution in [0.1, 0.15) is 20.8 Å². The van der Waals surface area contributed by atoms with E-state index in [-0.39, 0.29) is 0 Å². The lowest BCUT2D eigenvalue weighted by molar-refractivity contribution is 1.06. The molecule has 0 bridgehead atoms. The second-order valence-electron chi connectivity index (χ2n) is 5.71. The van der Waals surface area contributed by atoms with Crippen LogP contribution in [-0.4, -0.2) is 57.4 Å². The van der Waals surface area contributed by atoms with Crippen LogP contribution >= 0.6 is 0 Å². The Morgan fingerprint density at radius 3 is 2.06 bits per heavy atom. The lowest BCUT2D eigenvalue weighted by atomic mass is 9.07. The van der Waals surface area contributed by atoms with Gasteiger partial charge in [-0.25, -0.2) is 0 Å². The first kappa shape index (κ1) is 15.6. The van der Waals surface area contributed by atoms with Crippen molar-refractivity contribution in [2.24, 2.45) is 0 Å². The molecule has 8 radical (unpaired) electrons. The summed E-state index contributed by atoms with van der Waals surface area (Å²) in [5.41, 5.74) is 0.699. The van der Waals surface area contributed by atoms with Gasteiger partial charge in [0.05, 0.1) is 13.2 Å². The minimum absolute atomic E-state index is 0.630. The third-order valence-corrected chi connectivity index (χ3v) is 4.15. The summed E-state index contributed by atoms with van der Waals surface area (Å²) in [4.78, 5) is 0. The lowest BCUT2D eigenvalue weighted by Gasteiger charge is -2.13. The van der Waals surface area contributed by atoms with Crippen LogP contribution in [0.15, 0.2) is 0 Å². The molecule has 0 nitrogen and oxygen atoms in total.